The fourth-order valence-corrected chi connectivity index (χ4v) is 4.51. The van der Waals surface area contributed by atoms with Gasteiger partial charge in [-0.3, -0.25) is 4.79 Å². The predicted molar refractivity (Wildman–Crippen MR) is 114 cm³/mol. The number of thiazole rings is 1. The zero-order valence-electron chi connectivity index (χ0n) is 15.8. The highest BCUT2D eigenvalue weighted by molar-refractivity contribution is 7.21. The fraction of sp³-hybridized carbons (Fsp3) is 0.227. The minimum Gasteiger partial charge on any atom is -0.457 e. The zero-order chi connectivity index (χ0) is 19.6. The summed E-state index contributed by atoms with van der Waals surface area (Å²) in [6.45, 7) is 2.21. The molecule has 7 heteroatoms. The van der Waals surface area contributed by atoms with Gasteiger partial charge in [-0.05, 0) is 49.2 Å². The monoisotopic (exact) mass is 404 g/mol. The number of pyridine rings is 1. The summed E-state index contributed by atoms with van der Waals surface area (Å²) in [6.07, 6.45) is 4.01. The normalized spacial score (nSPS) is 13.9. The number of amides is 1. The van der Waals surface area contributed by atoms with Crippen LogP contribution in [0.15, 0.2) is 59.1 Å². The Hall–Kier alpha value is -3.19. The van der Waals surface area contributed by atoms with Crippen molar-refractivity contribution in [3.63, 3.8) is 0 Å². The average Bonchev–Trinajstić information content (AvgIpc) is 3.52. The first-order valence-electron chi connectivity index (χ1n) is 9.71. The fourth-order valence-electron chi connectivity index (χ4n) is 3.58. The van der Waals surface area contributed by atoms with Crippen molar-refractivity contribution in [1.82, 2.24) is 15.3 Å². The number of nitrogens with zero attached hydrogens (tertiary/aromatic N) is 3. The van der Waals surface area contributed by atoms with Crippen LogP contribution in [-0.4, -0.2) is 29.0 Å². The molecule has 146 valence electrons. The number of aromatic nitrogens is 2. The van der Waals surface area contributed by atoms with E-state index in [4.69, 9.17) is 4.42 Å². The van der Waals surface area contributed by atoms with Gasteiger partial charge < -0.3 is 14.6 Å². The van der Waals surface area contributed by atoms with E-state index in [1.165, 1.54) is 0 Å². The summed E-state index contributed by atoms with van der Waals surface area (Å²) >= 11 is 1.60. The van der Waals surface area contributed by atoms with E-state index in [9.17, 15) is 4.79 Å². The maximum absolute atomic E-state index is 12.8. The van der Waals surface area contributed by atoms with Gasteiger partial charge in [-0.2, -0.15) is 0 Å². The Morgan fingerprint density at radius 3 is 2.83 bits per heavy atom. The van der Waals surface area contributed by atoms with Crippen molar-refractivity contribution < 1.29 is 9.21 Å². The molecule has 0 radical (unpaired) electrons. The number of para-hydroxylation sites is 1. The molecule has 1 amide bonds. The summed E-state index contributed by atoms with van der Waals surface area (Å²) in [4.78, 5) is 24.0. The van der Waals surface area contributed by atoms with E-state index in [1.807, 2.05) is 42.5 Å². The van der Waals surface area contributed by atoms with Gasteiger partial charge in [0.1, 0.15) is 11.6 Å². The number of fused-ring (bicyclic) bond motifs is 1. The molecule has 4 aromatic rings. The van der Waals surface area contributed by atoms with Crippen molar-refractivity contribution in [3.8, 4) is 10.8 Å². The van der Waals surface area contributed by atoms with Crippen LogP contribution in [0.4, 0.5) is 5.82 Å². The third kappa shape index (κ3) is 3.61. The number of anilines is 1. The molecule has 0 saturated carbocycles. The third-order valence-electron chi connectivity index (χ3n) is 5.03. The van der Waals surface area contributed by atoms with Gasteiger partial charge in [0.25, 0.3) is 5.91 Å². The Labute approximate surface area is 172 Å². The molecule has 0 aliphatic carbocycles. The van der Waals surface area contributed by atoms with E-state index in [-0.39, 0.29) is 5.91 Å². The van der Waals surface area contributed by atoms with Gasteiger partial charge in [0.05, 0.1) is 22.3 Å². The van der Waals surface area contributed by atoms with E-state index in [0.717, 1.165) is 52.7 Å². The van der Waals surface area contributed by atoms with E-state index >= 15 is 0 Å². The molecule has 4 heterocycles. The molecule has 29 heavy (non-hydrogen) atoms. The number of hydrogen-bond donors (Lipinski definition) is 1. The van der Waals surface area contributed by atoms with Crippen molar-refractivity contribution in [2.24, 2.45) is 0 Å². The van der Waals surface area contributed by atoms with Crippen molar-refractivity contribution in [1.29, 1.82) is 0 Å². The summed E-state index contributed by atoms with van der Waals surface area (Å²) in [6, 6.07) is 15.4. The van der Waals surface area contributed by atoms with Gasteiger partial charge in [0, 0.05) is 19.3 Å². The van der Waals surface area contributed by atoms with Gasteiger partial charge in [0.15, 0.2) is 10.8 Å². The first-order chi connectivity index (χ1) is 14.3. The van der Waals surface area contributed by atoms with Crippen molar-refractivity contribution in [2.45, 2.75) is 19.4 Å². The van der Waals surface area contributed by atoms with Crippen LogP contribution in [0.2, 0.25) is 0 Å². The van der Waals surface area contributed by atoms with Crippen LogP contribution in [0.3, 0.4) is 0 Å². The molecular weight excluding hydrogens is 384 g/mol. The van der Waals surface area contributed by atoms with Gasteiger partial charge >= 0.3 is 0 Å². The second kappa shape index (κ2) is 7.67. The van der Waals surface area contributed by atoms with Crippen LogP contribution in [0.5, 0.6) is 0 Å². The Morgan fingerprint density at radius 2 is 1.97 bits per heavy atom. The molecule has 1 fully saturated rings. The Balaban J connectivity index is 1.29. The van der Waals surface area contributed by atoms with Crippen LogP contribution < -0.4 is 10.2 Å². The molecule has 1 aliphatic heterocycles. The molecule has 1 aromatic carbocycles. The molecule has 1 aliphatic rings. The van der Waals surface area contributed by atoms with Gasteiger partial charge in [0.2, 0.25) is 0 Å². The van der Waals surface area contributed by atoms with E-state index in [0.29, 0.717) is 17.9 Å². The lowest BCUT2D eigenvalue weighted by Crippen LogP contribution is -2.27. The lowest BCUT2D eigenvalue weighted by molar-refractivity contribution is 0.0948. The molecule has 6 nitrogen and oxygen atoms in total. The maximum Gasteiger partial charge on any atom is 0.255 e. The topological polar surface area (TPSA) is 71.3 Å². The molecule has 5 rings (SSSR count). The summed E-state index contributed by atoms with van der Waals surface area (Å²) in [7, 11) is 0. The van der Waals surface area contributed by atoms with E-state index in [1.54, 1.807) is 23.6 Å². The highest BCUT2D eigenvalue weighted by Gasteiger charge is 2.20. The Bertz CT molecular complexity index is 1130. The van der Waals surface area contributed by atoms with Crippen LogP contribution in [0.1, 0.15) is 29.0 Å². The third-order valence-corrected chi connectivity index (χ3v) is 6.08. The lowest BCUT2D eigenvalue weighted by Gasteiger charge is -2.19. The molecule has 0 spiro atoms. The average molecular weight is 404 g/mol. The highest BCUT2D eigenvalue weighted by Crippen LogP contribution is 2.31. The van der Waals surface area contributed by atoms with Crippen LogP contribution in [-0.2, 0) is 6.54 Å². The second-order valence-electron chi connectivity index (χ2n) is 7.00. The van der Waals surface area contributed by atoms with Gasteiger partial charge in [-0.25, -0.2) is 9.97 Å². The molecule has 0 unspecified atom stereocenters. The van der Waals surface area contributed by atoms with Gasteiger partial charge in [-0.15, -0.1) is 11.3 Å². The summed E-state index contributed by atoms with van der Waals surface area (Å²) < 4.78 is 7.05. The van der Waals surface area contributed by atoms with Crippen molar-refractivity contribution in [2.75, 3.05) is 18.0 Å². The lowest BCUT2D eigenvalue weighted by atomic mass is 10.2. The molecule has 1 N–H and O–H groups in total. The predicted octanol–water partition coefficient (Wildman–Crippen LogP) is 4.48. The van der Waals surface area contributed by atoms with Crippen LogP contribution in [0, 0.1) is 0 Å². The van der Waals surface area contributed by atoms with Crippen LogP contribution >= 0.6 is 11.3 Å². The first kappa shape index (κ1) is 17.9. The van der Waals surface area contributed by atoms with E-state index < -0.39 is 0 Å². The molecular formula is C22H20N4O2S. The molecule has 0 bridgehead atoms. The smallest absolute Gasteiger partial charge is 0.255 e. The number of nitrogens with one attached hydrogen (secondary N) is 1. The summed E-state index contributed by atoms with van der Waals surface area (Å²) in [5, 5.41) is 3.79. The summed E-state index contributed by atoms with van der Waals surface area (Å²) in [5.74, 6) is 2.03. The van der Waals surface area contributed by atoms with E-state index in [2.05, 4.69) is 20.2 Å². The number of carbonyl (C=O) groups is 1. The molecule has 1 saturated heterocycles. The first-order valence-corrected chi connectivity index (χ1v) is 10.5. The maximum atomic E-state index is 12.8. The molecule has 3 aromatic heterocycles. The van der Waals surface area contributed by atoms with Crippen molar-refractivity contribution in [3.05, 3.63) is 66.1 Å². The standard InChI is InChI=1S/C22H20N4O2S/c27-21(16-6-5-11-23-20(16)26-12-3-4-13-26)24-14-15-9-10-18(28-15)22-25-17-7-1-2-8-19(17)29-22/h1-2,5-11H,3-4,12-14H2,(H,24,27). The number of benzene rings is 1. The van der Waals surface area contributed by atoms with Crippen LogP contribution in [0.25, 0.3) is 21.0 Å². The largest absolute Gasteiger partial charge is 0.457 e. The van der Waals surface area contributed by atoms with Gasteiger partial charge in [-0.1, -0.05) is 12.1 Å². The highest BCUT2D eigenvalue weighted by atomic mass is 32.1. The minimum absolute atomic E-state index is 0.141. The quantitative estimate of drug-likeness (QED) is 0.531. The molecule has 0 atom stereocenters. The zero-order valence-corrected chi connectivity index (χ0v) is 16.6. The Morgan fingerprint density at radius 1 is 1.10 bits per heavy atom. The number of furan rings is 1. The summed E-state index contributed by atoms with van der Waals surface area (Å²) in [5.41, 5.74) is 1.57. The number of hydrogen-bond acceptors (Lipinski definition) is 6. The van der Waals surface area contributed by atoms with Crippen molar-refractivity contribution >= 4 is 33.3 Å². The Kier molecular flexibility index (Phi) is 4.73. The second-order valence-corrected chi connectivity index (χ2v) is 8.03. The minimum atomic E-state index is -0.141. The number of carbonyl (C=O) groups excluding carboxylic acids is 1. The number of rotatable bonds is 5. The SMILES string of the molecule is O=C(NCc1ccc(-c2nc3ccccc3s2)o1)c1cccnc1N1CCCC1.